The molecule has 0 radical (unpaired) electrons. The van der Waals surface area contributed by atoms with E-state index in [-0.39, 0.29) is 37.4 Å². The molecule has 0 aliphatic heterocycles. The molecule has 0 spiro atoms. The first-order valence-corrected chi connectivity index (χ1v) is 14.7. The van der Waals surface area contributed by atoms with Gasteiger partial charge < -0.3 is 10.2 Å². The van der Waals surface area contributed by atoms with Crippen LogP contribution in [0.25, 0.3) is 0 Å². The van der Waals surface area contributed by atoms with Crippen LogP contribution in [0, 0.1) is 6.92 Å². The molecule has 1 fully saturated rings. The molecule has 2 amide bonds. The van der Waals surface area contributed by atoms with Crippen LogP contribution in [0.4, 0.5) is 5.69 Å². The smallest absolute Gasteiger partial charge is 0.242 e. The summed E-state index contributed by atoms with van der Waals surface area (Å²) < 4.78 is 26.2. The molecular weight excluding hydrogens is 498 g/mol. The van der Waals surface area contributed by atoms with E-state index in [1.807, 2.05) is 31.2 Å². The van der Waals surface area contributed by atoms with Gasteiger partial charge in [0.15, 0.2) is 0 Å². The molecule has 36 heavy (non-hydrogen) atoms. The molecule has 2 aromatic rings. The second-order valence-electron chi connectivity index (χ2n) is 9.59. The number of nitrogens with one attached hydrogen (secondary N) is 1. The van der Waals surface area contributed by atoms with E-state index in [0.29, 0.717) is 17.1 Å². The second-order valence-corrected chi connectivity index (χ2v) is 11.9. The molecule has 9 heteroatoms. The van der Waals surface area contributed by atoms with E-state index in [0.717, 1.165) is 43.1 Å². The van der Waals surface area contributed by atoms with Crippen molar-refractivity contribution in [3.05, 3.63) is 64.7 Å². The molecule has 1 atom stereocenters. The van der Waals surface area contributed by atoms with E-state index in [1.54, 1.807) is 36.1 Å². The van der Waals surface area contributed by atoms with E-state index in [2.05, 4.69) is 5.32 Å². The van der Waals surface area contributed by atoms with Crippen LogP contribution in [0.3, 0.4) is 0 Å². The molecule has 7 nitrogen and oxygen atoms in total. The quantitative estimate of drug-likeness (QED) is 0.454. The van der Waals surface area contributed by atoms with Gasteiger partial charge in [-0.15, -0.1) is 0 Å². The predicted octanol–water partition coefficient (Wildman–Crippen LogP) is 4.67. The molecule has 1 aliphatic rings. The molecule has 0 bridgehead atoms. The molecule has 196 valence electrons. The second kappa shape index (κ2) is 12.6. The van der Waals surface area contributed by atoms with Crippen LogP contribution in [-0.4, -0.2) is 50.0 Å². The van der Waals surface area contributed by atoms with Gasteiger partial charge in [-0.1, -0.05) is 54.3 Å². The van der Waals surface area contributed by atoms with E-state index in [1.165, 1.54) is 4.31 Å². The Labute approximate surface area is 219 Å². The van der Waals surface area contributed by atoms with Crippen molar-refractivity contribution in [1.29, 1.82) is 0 Å². The van der Waals surface area contributed by atoms with Crippen molar-refractivity contribution in [3.63, 3.8) is 0 Å². The molecule has 0 unspecified atom stereocenters. The van der Waals surface area contributed by atoms with Gasteiger partial charge in [0.2, 0.25) is 21.8 Å². The maximum Gasteiger partial charge on any atom is 0.242 e. The largest absolute Gasteiger partial charge is 0.352 e. The Kier molecular flexibility index (Phi) is 9.79. The first-order valence-electron chi connectivity index (χ1n) is 12.4. The van der Waals surface area contributed by atoms with Crippen LogP contribution < -0.4 is 9.62 Å². The number of carbonyl (C=O) groups excluding carboxylic acids is 2. The van der Waals surface area contributed by atoms with Crippen LogP contribution in [0.5, 0.6) is 0 Å². The fourth-order valence-electron chi connectivity index (χ4n) is 4.52. The predicted molar refractivity (Wildman–Crippen MR) is 144 cm³/mol. The van der Waals surface area contributed by atoms with Gasteiger partial charge in [0.1, 0.15) is 6.04 Å². The zero-order valence-electron chi connectivity index (χ0n) is 21.2. The average Bonchev–Trinajstić information content (AvgIpc) is 3.33. The van der Waals surface area contributed by atoms with Gasteiger partial charge in [0.05, 0.1) is 11.9 Å². The Morgan fingerprint density at radius 3 is 2.39 bits per heavy atom. The van der Waals surface area contributed by atoms with E-state index >= 15 is 0 Å². The van der Waals surface area contributed by atoms with Crippen molar-refractivity contribution in [2.45, 2.75) is 71.0 Å². The van der Waals surface area contributed by atoms with Gasteiger partial charge in [0.25, 0.3) is 0 Å². The summed E-state index contributed by atoms with van der Waals surface area (Å²) in [5, 5.41) is 3.64. The zero-order valence-corrected chi connectivity index (χ0v) is 22.8. The lowest BCUT2D eigenvalue weighted by molar-refractivity contribution is -0.141. The summed E-state index contributed by atoms with van der Waals surface area (Å²) in [4.78, 5) is 27.9. The maximum absolute atomic E-state index is 13.4. The third-order valence-electron chi connectivity index (χ3n) is 6.58. The zero-order chi connectivity index (χ0) is 26.3. The Bertz CT molecular complexity index is 1150. The minimum Gasteiger partial charge on any atom is -0.352 e. The van der Waals surface area contributed by atoms with Crippen molar-refractivity contribution in [1.82, 2.24) is 10.2 Å². The minimum absolute atomic E-state index is 0.111. The number of benzene rings is 2. The third kappa shape index (κ3) is 7.96. The standard InChI is InChI=1S/C27H36ClN3O4S/c1-20-13-15-25(16-14-20)31(36(3,34)35)17-7-12-26(32)30(19-22-8-6-9-23(28)18-22)21(2)27(33)29-24-10-4-5-11-24/h6,8-9,13-16,18,21,24H,4-5,7,10-12,17,19H2,1-3H3,(H,29,33)/t21-/m0/s1. The number of hydrogen-bond acceptors (Lipinski definition) is 4. The lowest BCUT2D eigenvalue weighted by Gasteiger charge is -2.30. The van der Waals surface area contributed by atoms with E-state index in [9.17, 15) is 18.0 Å². The number of hydrogen-bond donors (Lipinski definition) is 1. The van der Waals surface area contributed by atoms with Gasteiger partial charge in [-0.3, -0.25) is 13.9 Å². The Balaban J connectivity index is 1.71. The fourth-order valence-corrected chi connectivity index (χ4v) is 5.70. The topological polar surface area (TPSA) is 86.8 Å². The first-order chi connectivity index (χ1) is 17.0. The summed E-state index contributed by atoms with van der Waals surface area (Å²) in [6, 6.07) is 14.0. The monoisotopic (exact) mass is 533 g/mol. The van der Waals surface area contributed by atoms with Gasteiger partial charge in [-0.05, 0) is 62.9 Å². The van der Waals surface area contributed by atoms with Gasteiger partial charge in [-0.25, -0.2) is 8.42 Å². The number of anilines is 1. The number of halogens is 1. The van der Waals surface area contributed by atoms with Crippen LogP contribution in [0.1, 0.15) is 56.6 Å². The summed E-state index contributed by atoms with van der Waals surface area (Å²) >= 11 is 6.15. The fraction of sp³-hybridized carbons (Fsp3) is 0.481. The highest BCUT2D eigenvalue weighted by Gasteiger charge is 2.28. The van der Waals surface area contributed by atoms with E-state index in [4.69, 9.17) is 11.6 Å². The molecule has 1 saturated carbocycles. The van der Waals surface area contributed by atoms with Crippen molar-refractivity contribution in [2.24, 2.45) is 0 Å². The molecule has 1 N–H and O–H groups in total. The minimum atomic E-state index is -3.52. The Morgan fingerprint density at radius 2 is 1.78 bits per heavy atom. The van der Waals surface area contributed by atoms with Crippen molar-refractivity contribution < 1.29 is 18.0 Å². The van der Waals surface area contributed by atoms with Gasteiger partial charge in [-0.2, -0.15) is 0 Å². The van der Waals surface area contributed by atoms with Crippen LogP contribution in [-0.2, 0) is 26.2 Å². The highest BCUT2D eigenvalue weighted by atomic mass is 35.5. The number of aryl methyl sites for hydroxylation is 1. The molecule has 3 rings (SSSR count). The Morgan fingerprint density at radius 1 is 1.11 bits per heavy atom. The third-order valence-corrected chi connectivity index (χ3v) is 8.01. The summed E-state index contributed by atoms with van der Waals surface area (Å²) in [5.41, 5.74) is 2.42. The summed E-state index contributed by atoms with van der Waals surface area (Å²) in [5.74, 6) is -0.379. The number of nitrogens with zero attached hydrogens (tertiary/aromatic N) is 2. The van der Waals surface area contributed by atoms with Gasteiger partial charge >= 0.3 is 0 Å². The lowest BCUT2D eigenvalue weighted by atomic mass is 10.1. The summed E-state index contributed by atoms with van der Waals surface area (Å²) in [6.45, 7) is 4.08. The van der Waals surface area contributed by atoms with Crippen LogP contribution in [0.2, 0.25) is 5.02 Å². The average molecular weight is 534 g/mol. The number of carbonyl (C=O) groups is 2. The SMILES string of the molecule is Cc1ccc(N(CCCC(=O)N(Cc2cccc(Cl)c2)[C@@H](C)C(=O)NC2CCCC2)S(C)(=O)=O)cc1. The molecule has 0 saturated heterocycles. The number of amides is 2. The summed E-state index contributed by atoms with van der Waals surface area (Å²) in [6.07, 6.45) is 5.71. The number of rotatable bonds is 11. The van der Waals surface area contributed by atoms with Crippen molar-refractivity contribution in [2.75, 3.05) is 17.1 Å². The normalized spacial score (nSPS) is 14.9. The maximum atomic E-state index is 13.4. The van der Waals surface area contributed by atoms with Crippen LogP contribution >= 0.6 is 11.6 Å². The molecule has 0 aromatic heterocycles. The Hall–Kier alpha value is -2.58. The first kappa shape index (κ1) is 28.0. The lowest BCUT2D eigenvalue weighted by Crippen LogP contribution is -2.49. The van der Waals surface area contributed by atoms with Gasteiger partial charge in [0, 0.05) is 30.6 Å². The summed E-state index contributed by atoms with van der Waals surface area (Å²) in [7, 11) is -3.52. The molecule has 0 heterocycles. The number of sulfonamides is 1. The van der Waals surface area contributed by atoms with Crippen molar-refractivity contribution in [3.8, 4) is 0 Å². The van der Waals surface area contributed by atoms with Crippen LogP contribution in [0.15, 0.2) is 48.5 Å². The highest BCUT2D eigenvalue weighted by molar-refractivity contribution is 7.92. The molecule has 1 aliphatic carbocycles. The van der Waals surface area contributed by atoms with E-state index < -0.39 is 16.1 Å². The highest BCUT2D eigenvalue weighted by Crippen LogP contribution is 2.21. The van der Waals surface area contributed by atoms with Crippen molar-refractivity contribution >= 4 is 39.1 Å². The molecule has 2 aromatic carbocycles. The molecular formula is C27H36ClN3O4S.